The highest BCUT2D eigenvalue weighted by molar-refractivity contribution is 7.13. The van der Waals surface area contributed by atoms with Crippen LogP contribution in [-0.4, -0.2) is 53.7 Å². The van der Waals surface area contributed by atoms with E-state index in [9.17, 15) is 9.90 Å². The first-order valence-electron chi connectivity index (χ1n) is 7.35. The maximum absolute atomic E-state index is 11.3. The largest absolute Gasteiger partial charge is 0.477 e. The van der Waals surface area contributed by atoms with Crippen LogP contribution in [0.1, 0.15) is 40.1 Å². The SMILES string of the molecule is CCCCc1nc(CCN2CCNCC2)sc1C(=O)O. The van der Waals surface area contributed by atoms with Crippen LogP contribution in [0.5, 0.6) is 0 Å². The summed E-state index contributed by atoms with van der Waals surface area (Å²) in [6.07, 6.45) is 3.70. The molecule has 0 aromatic carbocycles. The second kappa shape index (κ2) is 7.71. The van der Waals surface area contributed by atoms with Crippen LogP contribution in [0.2, 0.25) is 0 Å². The zero-order chi connectivity index (χ0) is 14.4. The van der Waals surface area contributed by atoms with E-state index in [1.165, 1.54) is 11.3 Å². The third kappa shape index (κ3) is 4.26. The Balaban J connectivity index is 1.94. The van der Waals surface area contributed by atoms with E-state index >= 15 is 0 Å². The number of aromatic carboxylic acids is 1. The van der Waals surface area contributed by atoms with Gasteiger partial charge in [0.1, 0.15) is 4.88 Å². The molecule has 5 nitrogen and oxygen atoms in total. The number of unbranched alkanes of at least 4 members (excludes halogenated alkanes) is 1. The molecule has 1 aliphatic rings. The van der Waals surface area contributed by atoms with Gasteiger partial charge >= 0.3 is 5.97 Å². The molecule has 0 radical (unpaired) electrons. The van der Waals surface area contributed by atoms with Gasteiger partial charge in [-0.25, -0.2) is 9.78 Å². The Morgan fingerprint density at radius 2 is 2.15 bits per heavy atom. The minimum Gasteiger partial charge on any atom is -0.477 e. The minimum absolute atomic E-state index is 0.439. The Labute approximate surface area is 124 Å². The van der Waals surface area contributed by atoms with Crippen molar-refractivity contribution in [3.63, 3.8) is 0 Å². The van der Waals surface area contributed by atoms with E-state index in [4.69, 9.17) is 0 Å². The number of carboxylic acids is 1. The smallest absolute Gasteiger partial charge is 0.347 e. The number of piperazine rings is 1. The van der Waals surface area contributed by atoms with Gasteiger partial charge in [-0.15, -0.1) is 11.3 Å². The van der Waals surface area contributed by atoms with E-state index in [-0.39, 0.29) is 0 Å². The number of nitrogens with zero attached hydrogens (tertiary/aromatic N) is 2. The number of hydrogen-bond donors (Lipinski definition) is 2. The monoisotopic (exact) mass is 297 g/mol. The van der Waals surface area contributed by atoms with Gasteiger partial charge in [-0.3, -0.25) is 0 Å². The number of carboxylic acid groups (broad SMARTS) is 1. The first-order chi connectivity index (χ1) is 9.70. The molecule has 1 aliphatic heterocycles. The van der Waals surface area contributed by atoms with Gasteiger partial charge < -0.3 is 15.3 Å². The van der Waals surface area contributed by atoms with Gasteiger partial charge in [0.15, 0.2) is 0 Å². The number of rotatable bonds is 7. The Kier molecular flexibility index (Phi) is 5.94. The molecule has 2 N–H and O–H groups in total. The summed E-state index contributed by atoms with van der Waals surface area (Å²) in [5.74, 6) is -0.831. The van der Waals surface area contributed by atoms with Crippen LogP contribution in [0.3, 0.4) is 0 Å². The highest BCUT2D eigenvalue weighted by Crippen LogP contribution is 2.21. The molecule has 6 heteroatoms. The van der Waals surface area contributed by atoms with E-state index in [1.807, 2.05) is 0 Å². The van der Waals surface area contributed by atoms with E-state index in [0.29, 0.717) is 4.88 Å². The lowest BCUT2D eigenvalue weighted by atomic mass is 10.2. The summed E-state index contributed by atoms with van der Waals surface area (Å²) in [5, 5.41) is 13.5. The number of aryl methyl sites for hydroxylation is 1. The number of carbonyl (C=O) groups is 1. The van der Waals surface area contributed by atoms with Crippen molar-refractivity contribution in [1.82, 2.24) is 15.2 Å². The van der Waals surface area contributed by atoms with E-state index < -0.39 is 5.97 Å². The highest BCUT2D eigenvalue weighted by atomic mass is 32.1. The summed E-state index contributed by atoms with van der Waals surface area (Å²) in [6, 6.07) is 0. The summed E-state index contributed by atoms with van der Waals surface area (Å²) < 4.78 is 0. The van der Waals surface area contributed by atoms with E-state index in [2.05, 4.69) is 22.1 Å². The third-order valence-corrected chi connectivity index (χ3v) is 4.70. The second-order valence-electron chi connectivity index (χ2n) is 5.13. The van der Waals surface area contributed by atoms with Crippen molar-refractivity contribution in [3.05, 3.63) is 15.6 Å². The molecule has 112 valence electrons. The second-order valence-corrected chi connectivity index (χ2v) is 6.22. The van der Waals surface area contributed by atoms with Gasteiger partial charge in [0.25, 0.3) is 0 Å². The molecule has 0 aliphatic carbocycles. The molecule has 1 fully saturated rings. The predicted molar refractivity (Wildman–Crippen MR) is 80.7 cm³/mol. The van der Waals surface area contributed by atoms with E-state index in [1.54, 1.807) is 0 Å². The summed E-state index contributed by atoms with van der Waals surface area (Å²) in [5.41, 5.74) is 0.777. The zero-order valence-electron chi connectivity index (χ0n) is 12.0. The van der Waals surface area contributed by atoms with Crippen LogP contribution in [0.25, 0.3) is 0 Å². The summed E-state index contributed by atoms with van der Waals surface area (Å²) in [7, 11) is 0. The normalized spacial score (nSPS) is 16.4. The Hall–Kier alpha value is -0.980. The molecule has 0 unspecified atom stereocenters. The molecular formula is C14H23N3O2S. The van der Waals surface area contributed by atoms with Crippen molar-refractivity contribution < 1.29 is 9.90 Å². The lowest BCUT2D eigenvalue weighted by molar-refractivity contribution is 0.0700. The fraction of sp³-hybridized carbons (Fsp3) is 0.714. The van der Waals surface area contributed by atoms with Crippen LogP contribution in [-0.2, 0) is 12.8 Å². The fourth-order valence-electron chi connectivity index (χ4n) is 2.38. The quantitative estimate of drug-likeness (QED) is 0.801. The van der Waals surface area contributed by atoms with Crippen molar-refractivity contribution in [3.8, 4) is 0 Å². The van der Waals surface area contributed by atoms with Gasteiger partial charge in [0, 0.05) is 39.1 Å². The topological polar surface area (TPSA) is 65.5 Å². The first-order valence-corrected chi connectivity index (χ1v) is 8.17. The van der Waals surface area contributed by atoms with Gasteiger partial charge in [0.05, 0.1) is 10.7 Å². The van der Waals surface area contributed by atoms with Crippen molar-refractivity contribution in [2.24, 2.45) is 0 Å². The molecule has 0 amide bonds. The number of hydrogen-bond acceptors (Lipinski definition) is 5. The van der Waals surface area contributed by atoms with E-state index in [0.717, 1.165) is 69.1 Å². The van der Waals surface area contributed by atoms with Crippen LogP contribution in [0.4, 0.5) is 0 Å². The molecule has 1 aromatic rings. The van der Waals surface area contributed by atoms with Crippen molar-refractivity contribution >= 4 is 17.3 Å². The highest BCUT2D eigenvalue weighted by Gasteiger charge is 2.17. The number of thiazole rings is 1. The average Bonchev–Trinajstić information content (AvgIpc) is 2.87. The predicted octanol–water partition coefficient (Wildman–Crippen LogP) is 1.63. The molecule has 2 rings (SSSR count). The first kappa shape index (κ1) is 15.4. The maximum atomic E-state index is 11.3. The molecule has 0 bridgehead atoms. The summed E-state index contributed by atoms with van der Waals surface area (Å²) >= 11 is 1.35. The molecule has 2 heterocycles. The minimum atomic E-state index is -0.831. The lowest BCUT2D eigenvalue weighted by Gasteiger charge is -2.26. The molecule has 0 saturated carbocycles. The van der Waals surface area contributed by atoms with Crippen LogP contribution >= 0.6 is 11.3 Å². The molecule has 0 spiro atoms. The van der Waals surface area contributed by atoms with Crippen LogP contribution in [0, 0.1) is 0 Å². The number of aromatic nitrogens is 1. The summed E-state index contributed by atoms with van der Waals surface area (Å²) in [4.78, 5) is 18.7. The lowest BCUT2D eigenvalue weighted by Crippen LogP contribution is -2.44. The average molecular weight is 297 g/mol. The van der Waals surface area contributed by atoms with Crippen molar-refractivity contribution in [2.45, 2.75) is 32.6 Å². The zero-order valence-corrected chi connectivity index (χ0v) is 12.8. The fourth-order valence-corrected chi connectivity index (χ4v) is 3.31. The van der Waals surface area contributed by atoms with Crippen molar-refractivity contribution in [1.29, 1.82) is 0 Å². The molecule has 0 atom stereocenters. The standard InChI is InChI=1S/C14H23N3O2S/c1-2-3-4-11-13(14(18)19)20-12(16-11)5-8-17-9-6-15-7-10-17/h15H,2-10H2,1H3,(H,18,19). The Bertz CT molecular complexity index is 442. The van der Waals surface area contributed by atoms with Crippen molar-refractivity contribution in [2.75, 3.05) is 32.7 Å². The van der Waals surface area contributed by atoms with Crippen LogP contribution < -0.4 is 5.32 Å². The Morgan fingerprint density at radius 3 is 2.80 bits per heavy atom. The van der Waals surface area contributed by atoms with Gasteiger partial charge in [-0.05, 0) is 12.8 Å². The van der Waals surface area contributed by atoms with Crippen LogP contribution in [0.15, 0.2) is 0 Å². The third-order valence-electron chi connectivity index (χ3n) is 3.55. The van der Waals surface area contributed by atoms with Gasteiger partial charge in [-0.1, -0.05) is 13.3 Å². The molecule has 1 saturated heterocycles. The number of nitrogens with one attached hydrogen (secondary N) is 1. The molecule has 1 aromatic heterocycles. The summed E-state index contributed by atoms with van der Waals surface area (Å²) in [6.45, 7) is 7.30. The molecule has 20 heavy (non-hydrogen) atoms. The Morgan fingerprint density at radius 1 is 1.40 bits per heavy atom. The maximum Gasteiger partial charge on any atom is 0.347 e. The molecular weight excluding hydrogens is 274 g/mol. The van der Waals surface area contributed by atoms with Gasteiger partial charge in [0.2, 0.25) is 0 Å². The van der Waals surface area contributed by atoms with Gasteiger partial charge in [-0.2, -0.15) is 0 Å².